The van der Waals surface area contributed by atoms with Crippen LogP contribution in [0.1, 0.15) is 71.8 Å². The van der Waals surface area contributed by atoms with Crippen LogP contribution in [0.5, 0.6) is 5.75 Å². The van der Waals surface area contributed by atoms with E-state index in [1.54, 1.807) is 46.2 Å². The van der Waals surface area contributed by atoms with Gasteiger partial charge in [-0.1, -0.05) is 73.2 Å². The van der Waals surface area contributed by atoms with E-state index in [2.05, 4.69) is 10.6 Å². The van der Waals surface area contributed by atoms with Gasteiger partial charge in [0.05, 0.1) is 24.7 Å². The smallest absolute Gasteiger partial charge is 0.409 e. The Bertz CT molecular complexity index is 1760. The molecule has 17 heteroatoms. The van der Waals surface area contributed by atoms with Gasteiger partial charge in [0, 0.05) is 50.9 Å². The lowest BCUT2D eigenvalue weighted by Gasteiger charge is -2.42. The predicted octanol–water partition coefficient (Wildman–Crippen LogP) is 4.89. The molecule has 8 atom stereocenters. The van der Waals surface area contributed by atoms with Crippen LogP contribution in [0, 0.1) is 5.92 Å². The fourth-order valence-electron chi connectivity index (χ4n) is 7.21. The average Bonchev–Trinajstić information content (AvgIpc) is 3.80. The van der Waals surface area contributed by atoms with E-state index in [1.807, 2.05) is 36.4 Å². The summed E-state index contributed by atoms with van der Waals surface area (Å²) in [6.07, 6.45) is 7.56. The number of amides is 4. The standard InChI is InChI=1S/C42H59ClN4O11S/c1-26(22-29-16-17-30(43)31(23-29)54-7)14-13-15-33(55-8)42(53)25-32(56-40(52)45-42)27(2)38-41(4,58-38)34(24-35(48)44-5)57-39(51)28(3)46(6)59-21-12-10-9-11-20-47-36(49)18-19-37(47)50/h13-19,23,27-28,32-34,38,53H,9-12,20-22,24-25H2,1-8H3,(H,44,48)(H,45,52)/b15-13+,26-14+. The third kappa shape index (κ3) is 12.8. The van der Waals surface area contributed by atoms with Crippen molar-refractivity contribution >= 4 is 53.3 Å². The highest BCUT2D eigenvalue weighted by molar-refractivity contribution is 7.97. The van der Waals surface area contributed by atoms with Crippen molar-refractivity contribution in [3.63, 3.8) is 0 Å². The lowest BCUT2D eigenvalue weighted by atomic mass is 9.83. The molecule has 2 saturated heterocycles. The molecule has 0 saturated carbocycles. The lowest BCUT2D eigenvalue weighted by Crippen LogP contribution is -2.63. The second-order valence-electron chi connectivity index (χ2n) is 15.4. The van der Waals surface area contributed by atoms with Crippen molar-refractivity contribution in [3.8, 4) is 5.75 Å². The van der Waals surface area contributed by atoms with Crippen molar-refractivity contribution in [1.29, 1.82) is 0 Å². The molecule has 15 nitrogen and oxygen atoms in total. The summed E-state index contributed by atoms with van der Waals surface area (Å²) in [6.45, 7) is 7.68. The number of epoxide rings is 1. The molecule has 8 unspecified atom stereocenters. The Labute approximate surface area is 356 Å². The number of esters is 1. The first-order valence-corrected chi connectivity index (χ1v) is 21.2. The minimum Gasteiger partial charge on any atom is -0.495 e. The maximum Gasteiger partial charge on any atom is 0.409 e. The van der Waals surface area contributed by atoms with Gasteiger partial charge in [0.25, 0.3) is 11.8 Å². The number of rotatable bonds is 23. The number of carbonyl (C=O) groups is 5. The van der Waals surface area contributed by atoms with Crippen molar-refractivity contribution in [1.82, 2.24) is 19.8 Å². The molecule has 3 N–H and O–H groups in total. The SMILES string of the molecule is CNC(=O)CC(OC(=O)C(C)N(C)SCCCCCCN1C(=O)C=CC1=O)C1(C)OC1C(C)C1CC(O)(C(/C=C/C=C(\C)Cc2ccc(Cl)c(OC)c2)OC)NC(=O)O1. The number of cyclic esters (lactones) is 1. The van der Waals surface area contributed by atoms with Gasteiger partial charge in [-0.25, -0.2) is 9.10 Å². The molecular weight excluding hydrogens is 804 g/mol. The number of nitrogens with one attached hydrogen (secondary N) is 2. The molecule has 0 bridgehead atoms. The first-order valence-electron chi connectivity index (χ1n) is 19.8. The molecule has 1 aromatic carbocycles. The Balaban J connectivity index is 1.32. The van der Waals surface area contributed by atoms with Crippen molar-refractivity contribution < 1.29 is 52.8 Å². The van der Waals surface area contributed by atoms with Crippen molar-refractivity contribution in [2.75, 3.05) is 40.6 Å². The number of benzene rings is 1. The minimum absolute atomic E-state index is 0.0415. The number of imide groups is 1. The number of allylic oxidation sites excluding steroid dienone is 3. The second kappa shape index (κ2) is 21.5. The number of alkyl carbamates (subject to hydrolysis) is 1. The van der Waals surface area contributed by atoms with Crippen LogP contribution in [0.15, 0.2) is 54.2 Å². The number of aliphatic hydroxyl groups is 1. The Hall–Kier alpha value is -3.93. The minimum atomic E-state index is -1.83. The number of likely N-dealkylation sites (N-methyl/N-ethyl adjacent to an activating group) is 1. The van der Waals surface area contributed by atoms with Crippen LogP contribution >= 0.6 is 23.5 Å². The summed E-state index contributed by atoms with van der Waals surface area (Å²) >= 11 is 7.66. The van der Waals surface area contributed by atoms with Crippen molar-refractivity contribution in [3.05, 3.63) is 64.7 Å². The van der Waals surface area contributed by atoms with Gasteiger partial charge in [-0.2, -0.15) is 0 Å². The van der Waals surface area contributed by atoms with Crippen LogP contribution in [-0.2, 0) is 44.5 Å². The second-order valence-corrected chi connectivity index (χ2v) is 17.1. The molecular formula is C42H59ClN4O11S. The fourth-order valence-corrected chi connectivity index (χ4v) is 8.34. The first kappa shape index (κ1) is 47.7. The molecule has 59 heavy (non-hydrogen) atoms. The molecule has 3 heterocycles. The van der Waals surface area contributed by atoms with Crippen LogP contribution in [0.4, 0.5) is 4.79 Å². The average molecular weight is 863 g/mol. The molecule has 0 spiro atoms. The van der Waals surface area contributed by atoms with Gasteiger partial charge in [0.2, 0.25) is 5.91 Å². The number of hydrogen-bond acceptors (Lipinski definition) is 13. The summed E-state index contributed by atoms with van der Waals surface area (Å²) < 4.78 is 30.7. The number of halogens is 1. The highest BCUT2D eigenvalue weighted by atomic mass is 35.5. The van der Waals surface area contributed by atoms with E-state index in [0.29, 0.717) is 23.7 Å². The predicted molar refractivity (Wildman–Crippen MR) is 223 cm³/mol. The molecule has 0 aliphatic carbocycles. The van der Waals surface area contributed by atoms with Gasteiger partial charge in [-0.3, -0.25) is 29.4 Å². The van der Waals surface area contributed by atoms with E-state index in [4.69, 9.17) is 35.3 Å². The zero-order valence-corrected chi connectivity index (χ0v) is 36.7. The highest BCUT2D eigenvalue weighted by Crippen LogP contribution is 2.49. The highest BCUT2D eigenvalue weighted by Gasteiger charge is 2.64. The molecule has 0 radical (unpaired) electrons. The van der Waals surface area contributed by atoms with E-state index in [9.17, 15) is 29.1 Å². The van der Waals surface area contributed by atoms with E-state index in [-0.39, 0.29) is 30.6 Å². The maximum absolute atomic E-state index is 13.5. The summed E-state index contributed by atoms with van der Waals surface area (Å²) in [4.78, 5) is 63.7. The Morgan fingerprint density at radius 2 is 1.85 bits per heavy atom. The van der Waals surface area contributed by atoms with Crippen molar-refractivity contribution in [2.24, 2.45) is 5.92 Å². The van der Waals surface area contributed by atoms with Crippen LogP contribution in [-0.4, -0.2) is 126 Å². The normalized spacial score (nSPS) is 25.1. The third-order valence-corrected chi connectivity index (χ3v) is 12.5. The number of ether oxygens (including phenoxy) is 5. The fraction of sp³-hybridized carbons (Fsp3) is 0.595. The number of carbonyl (C=O) groups excluding carboxylic acids is 5. The van der Waals surface area contributed by atoms with Gasteiger partial charge in [0.15, 0.2) is 5.72 Å². The van der Waals surface area contributed by atoms with Gasteiger partial charge >= 0.3 is 12.1 Å². The topological polar surface area (TPSA) is 186 Å². The molecule has 4 amide bonds. The first-order chi connectivity index (χ1) is 28.0. The van der Waals surface area contributed by atoms with E-state index in [0.717, 1.165) is 42.6 Å². The number of hydrogen-bond donors (Lipinski definition) is 3. The zero-order chi connectivity index (χ0) is 43.5. The Morgan fingerprint density at radius 1 is 1.15 bits per heavy atom. The van der Waals surface area contributed by atoms with E-state index < -0.39 is 59.8 Å². The molecule has 0 aromatic heterocycles. The van der Waals surface area contributed by atoms with Crippen LogP contribution in [0.25, 0.3) is 0 Å². The quantitative estimate of drug-likeness (QED) is 0.0338. The maximum atomic E-state index is 13.5. The number of unbranched alkanes of at least 4 members (excludes halogenated alkanes) is 3. The molecule has 4 rings (SSSR count). The van der Waals surface area contributed by atoms with E-state index in [1.165, 1.54) is 43.2 Å². The summed E-state index contributed by atoms with van der Waals surface area (Å²) in [5.41, 5.74) is -0.885. The van der Waals surface area contributed by atoms with Gasteiger partial charge in [0.1, 0.15) is 35.7 Å². The van der Waals surface area contributed by atoms with Crippen LogP contribution in [0.3, 0.4) is 0 Å². The zero-order valence-electron chi connectivity index (χ0n) is 35.2. The van der Waals surface area contributed by atoms with Gasteiger partial charge < -0.3 is 34.1 Å². The molecule has 3 aliphatic heterocycles. The molecule has 326 valence electrons. The summed E-state index contributed by atoms with van der Waals surface area (Å²) in [6, 6.07) is 4.93. The monoisotopic (exact) mass is 862 g/mol. The Kier molecular flexibility index (Phi) is 17.4. The van der Waals surface area contributed by atoms with Gasteiger partial charge in [-0.05, 0) is 64.8 Å². The molecule has 1 aromatic rings. The summed E-state index contributed by atoms with van der Waals surface area (Å²) in [5.74, 6) is -0.556. The van der Waals surface area contributed by atoms with E-state index >= 15 is 0 Å². The lowest BCUT2D eigenvalue weighted by molar-refractivity contribution is -0.157. The number of methoxy groups -OCH3 is 2. The summed E-state index contributed by atoms with van der Waals surface area (Å²) in [7, 11) is 6.29. The van der Waals surface area contributed by atoms with Crippen LogP contribution < -0.4 is 15.4 Å². The number of nitrogens with zero attached hydrogens (tertiary/aromatic N) is 2. The largest absolute Gasteiger partial charge is 0.495 e. The molecule has 2 fully saturated rings. The van der Waals surface area contributed by atoms with Gasteiger partial charge in [-0.15, -0.1) is 0 Å². The van der Waals surface area contributed by atoms with Crippen LogP contribution in [0.2, 0.25) is 5.02 Å². The summed E-state index contributed by atoms with van der Waals surface area (Å²) in [5, 5.41) is 17.4. The van der Waals surface area contributed by atoms with Crippen molar-refractivity contribution in [2.45, 2.75) is 114 Å². The third-order valence-electron chi connectivity index (χ3n) is 11.0. The molecule has 3 aliphatic rings. The Morgan fingerprint density at radius 3 is 2.51 bits per heavy atom.